The van der Waals surface area contributed by atoms with Crippen LogP contribution in [0.2, 0.25) is 0 Å². The summed E-state index contributed by atoms with van der Waals surface area (Å²) in [6.45, 7) is 5.43. The van der Waals surface area contributed by atoms with E-state index in [4.69, 9.17) is 9.47 Å². The predicted molar refractivity (Wildman–Crippen MR) is 94.8 cm³/mol. The van der Waals surface area contributed by atoms with Crippen molar-refractivity contribution in [2.24, 2.45) is 0 Å². The molecule has 0 unspecified atom stereocenters. The molecule has 1 amide bonds. The first-order valence-electron chi connectivity index (χ1n) is 8.35. The predicted octanol–water partition coefficient (Wildman–Crippen LogP) is 4.11. The monoisotopic (exact) mass is 325 g/mol. The highest BCUT2D eigenvalue weighted by Gasteiger charge is 2.16. The van der Waals surface area contributed by atoms with Gasteiger partial charge in [0.1, 0.15) is 12.4 Å². The minimum atomic E-state index is -0.116. The largest absolute Gasteiger partial charge is 0.491 e. The molecule has 1 aliphatic rings. The number of rotatable bonds is 5. The molecule has 4 heteroatoms. The molecule has 3 rings (SSSR count). The summed E-state index contributed by atoms with van der Waals surface area (Å²) >= 11 is 0. The Hall–Kier alpha value is -2.33. The minimum Gasteiger partial charge on any atom is -0.491 e. The molecule has 2 aromatic carbocycles. The molecule has 1 N–H and O–H groups in total. The Bertz CT molecular complexity index is 703. The van der Waals surface area contributed by atoms with Crippen LogP contribution in [0.3, 0.4) is 0 Å². The van der Waals surface area contributed by atoms with E-state index < -0.39 is 0 Å². The Kier molecular flexibility index (Phi) is 5.16. The van der Waals surface area contributed by atoms with Gasteiger partial charge < -0.3 is 14.8 Å². The third-order valence-electron chi connectivity index (χ3n) is 4.43. The van der Waals surface area contributed by atoms with Crippen LogP contribution in [0.15, 0.2) is 42.5 Å². The highest BCUT2D eigenvalue weighted by atomic mass is 16.5. The molecule has 0 spiro atoms. The van der Waals surface area contributed by atoms with Crippen LogP contribution in [0.4, 0.5) is 5.69 Å². The molecule has 0 aliphatic carbocycles. The summed E-state index contributed by atoms with van der Waals surface area (Å²) in [4.78, 5) is 12.4. The quantitative estimate of drug-likeness (QED) is 0.900. The van der Waals surface area contributed by atoms with Crippen LogP contribution in [0.5, 0.6) is 5.75 Å². The van der Waals surface area contributed by atoms with E-state index in [1.54, 1.807) is 12.1 Å². The summed E-state index contributed by atoms with van der Waals surface area (Å²) in [6.07, 6.45) is 2.35. The molecule has 2 aromatic rings. The Morgan fingerprint density at radius 2 is 2.00 bits per heavy atom. The maximum Gasteiger partial charge on any atom is 0.255 e. The van der Waals surface area contributed by atoms with E-state index in [0.717, 1.165) is 42.0 Å². The van der Waals surface area contributed by atoms with Gasteiger partial charge in [0.25, 0.3) is 5.91 Å². The van der Waals surface area contributed by atoms with Crippen molar-refractivity contribution in [1.29, 1.82) is 0 Å². The van der Waals surface area contributed by atoms with Crippen molar-refractivity contribution in [1.82, 2.24) is 0 Å². The fourth-order valence-corrected chi connectivity index (χ4v) is 2.75. The molecule has 0 bridgehead atoms. The van der Waals surface area contributed by atoms with Gasteiger partial charge in [-0.2, -0.15) is 0 Å². The summed E-state index contributed by atoms with van der Waals surface area (Å²) in [7, 11) is 0. The van der Waals surface area contributed by atoms with Crippen LogP contribution in [0.25, 0.3) is 0 Å². The van der Waals surface area contributed by atoms with Gasteiger partial charge in [-0.3, -0.25) is 4.79 Å². The zero-order chi connectivity index (χ0) is 16.9. The number of hydrogen-bond donors (Lipinski definition) is 1. The zero-order valence-electron chi connectivity index (χ0n) is 14.2. The molecule has 0 aromatic heterocycles. The van der Waals surface area contributed by atoms with E-state index in [0.29, 0.717) is 12.2 Å². The molecule has 1 aliphatic heterocycles. The normalized spacial score (nSPS) is 16.8. The summed E-state index contributed by atoms with van der Waals surface area (Å²) in [6, 6.07) is 13.1. The minimum absolute atomic E-state index is 0.116. The molecular formula is C20H23NO3. The zero-order valence-corrected chi connectivity index (χ0v) is 14.2. The fraction of sp³-hybridized carbons (Fsp3) is 0.350. The average molecular weight is 325 g/mol. The van der Waals surface area contributed by atoms with Gasteiger partial charge >= 0.3 is 0 Å². The van der Waals surface area contributed by atoms with E-state index in [1.807, 2.05) is 44.2 Å². The lowest BCUT2D eigenvalue weighted by molar-refractivity contribution is 0.0679. The summed E-state index contributed by atoms with van der Waals surface area (Å²) in [5.74, 6) is 0.642. The number of aryl methyl sites for hydroxylation is 1. The number of amides is 1. The van der Waals surface area contributed by atoms with Crippen molar-refractivity contribution in [3.8, 4) is 5.75 Å². The molecule has 1 saturated heterocycles. The van der Waals surface area contributed by atoms with E-state index >= 15 is 0 Å². The number of anilines is 1. The smallest absolute Gasteiger partial charge is 0.255 e. The lowest BCUT2D eigenvalue weighted by Crippen LogP contribution is -2.16. The van der Waals surface area contributed by atoms with Crippen LogP contribution < -0.4 is 10.1 Å². The van der Waals surface area contributed by atoms with Gasteiger partial charge in [0.05, 0.1) is 6.10 Å². The summed E-state index contributed by atoms with van der Waals surface area (Å²) in [5, 5.41) is 2.96. The second-order valence-corrected chi connectivity index (χ2v) is 6.17. The number of benzene rings is 2. The lowest BCUT2D eigenvalue weighted by atomic mass is 10.1. The van der Waals surface area contributed by atoms with Crippen LogP contribution in [0.1, 0.15) is 34.3 Å². The highest BCUT2D eigenvalue weighted by Crippen LogP contribution is 2.20. The second-order valence-electron chi connectivity index (χ2n) is 6.17. The molecular weight excluding hydrogens is 302 g/mol. The van der Waals surface area contributed by atoms with Gasteiger partial charge in [-0.05, 0) is 68.1 Å². The maximum absolute atomic E-state index is 12.4. The number of hydrogen-bond acceptors (Lipinski definition) is 3. The highest BCUT2D eigenvalue weighted by molar-refractivity contribution is 6.04. The van der Waals surface area contributed by atoms with Crippen LogP contribution in [-0.4, -0.2) is 25.2 Å². The molecule has 126 valence electrons. The molecule has 1 heterocycles. The summed E-state index contributed by atoms with van der Waals surface area (Å²) in [5.41, 5.74) is 3.70. The Morgan fingerprint density at radius 3 is 2.71 bits per heavy atom. The van der Waals surface area contributed by atoms with Crippen LogP contribution in [0, 0.1) is 13.8 Å². The average Bonchev–Trinajstić information content (AvgIpc) is 3.11. The SMILES string of the molecule is Cc1cccc(NC(=O)c2ccc(OC[C@@H]3CCCO3)cc2)c1C. The van der Waals surface area contributed by atoms with Crippen molar-refractivity contribution in [2.75, 3.05) is 18.5 Å². The second kappa shape index (κ2) is 7.49. The van der Waals surface area contributed by atoms with Gasteiger partial charge in [-0.25, -0.2) is 0 Å². The maximum atomic E-state index is 12.4. The first-order chi connectivity index (χ1) is 11.6. The van der Waals surface area contributed by atoms with Crippen molar-refractivity contribution in [3.05, 3.63) is 59.2 Å². The van der Waals surface area contributed by atoms with Crippen molar-refractivity contribution >= 4 is 11.6 Å². The Labute approximate surface area is 142 Å². The van der Waals surface area contributed by atoms with E-state index in [2.05, 4.69) is 5.32 Å². The van der Waals surface area contributed by atoms with Crippen LogP contribution >= 0.6 is 0 Å². The molecule has 1 fully saturated rings. The van der Waals surface area contributed by atoms with Gasteiger partial charge in [0, 0.05) is 17.9 Å². The first kappa shape index (κ1) is 16.5. The van der Waals surface area contributed by atoms with Gasteiger partial charge in [0.2, 0.25) is 0 Å². The van der Waals surface area contributed by atoms with Crippen molar-refractivity contribution in [3.63, 3.8) is 0 Å². The number of carbonyl (C=O) groups excluding carboxylic acids is 1. The van der Waals surface area contributed by atoms with Gasteiger partial charge in [-0.15, -0.1) is 0 Å². The topological polar surface area (TPSA) is 47.6 Å². The lowest BCUT2D eigenvalue weighted by Gasteiger charge is -2.12. The third-order valence-corrected chi connectivity index (χ3v) is 4.43. The van der Waals surface area contributed by atoms with E-state index in [9.17, 15) is 4.79 Å². The fourth-order valence-electron chi connectivity index (χ4n) is 2.75. The van der Waals surface area contributed by atoms with Crippen molar-refractivity contribution in [2.45, 2.75) is 32.8 Å². The molecule has 1 atom stereocenters. The van der Waals surface area contributed by atoms with Crippen LogP contribution in [-0.2, 0) is 4.74 Å². The molecule has 24 heavy (non-hydrogen) atoms. The van der Waals surface area contributed by atoms with Gasteiger partial charge in [0.15, 0.2) is 0 Å². The Morgan fingerprint density at radius 1 is 1.21 bits per heavy atom. The standard InChI is InChI=1S/C20H23NO3/c1-14-5-3-7-19(15(14)2)21-20(22)16-8-10-17(11-9-16)24-13-18-6-4-12-23-18/h3,5,7-11,18H,4,6,12-13H2,1-2H3,(H,21,22)/t18-/m0/s1. The third kappa shape index (κ3) is 3.95. The first-order valence-corrected chi connectivity index (χ1v) is 8.35. The Balaban J connectivity index is 1.60. The molecule has 0 radical (unpaired) electrons. The number of carbonyl (C=O) groups is 1. The number of nitrogens with one attached hydrogen (secondary N) is 1. The van der Waals surface area contributed by atoms with E-state index in [-0.39, 0.29) is 12.0 Å². The van der Waals surface area contributed by atoms with Crippen molar-refractivity contribution < 1.29 is 14.3 Å². The van der Waals surface area contributed by atoms with Gasteiger partial charge in [-0.1, -0.05) is 12.1 Å². The summed E-state index contributed by atoms with van der Waals surface area (Å²) < 4.78 is 11.3. The van der Waals surface area contributed by atoms with E-state index in [1.165, 1.54) is 0 Å². The number of ether oxygens (including phenoxy) is 2. The molecule has 0 saturated carbocycles. The molecule has 4 nitrogen and oxygen atoms in total.